The minimum absolute atomic E-state index is 0.339. The number of aromatic nitrogens is 1. The number of rotatable bonds is 5. The van der Waals surface area contributed by atoms with Gasteiger partial charge in [0.25, 0.3) is 0 Å². The van der Waals surface area contributed by atoms with Crippen LogP contribution in [0.15, 0.2) is 36.7 Å². The monoisotopic (exact) mass is 271 g/mol. The van der Waals surface area contributed by atoms with Gasteiger partial charge in [0.15, 0.2) is 0 Å². The van der Waals surface area contributed by atoms with E-state index in [2.05, 4.69) is 22.8 Å². The predicted molar refractivity (Wildman–Crippen MR) is 79.0 cm³/mol. The van der Waals surface area contributed by atoms with Gasteiger partial charge in [-0.3, -0.25) is 0 Å². The summed E-state index contributed by atoms with van der Waals surface area (Å²) >= 11 is 0. The Balaban J connectivity index is 1.63. The maximum Gasteiger partial charge on any atom is 0.122 e. The number of fused-ring (bicyclic) bond motifs is 1. The lowest BCUT2D eigenvalue weighted by Crippen LogP contribution is -1.99. The highest BCUT2D eigenvalue weighted by molar-refractivity contribution is 5.39. The van der Waals surface area contributed by atoms with Gasteiger partial charge in [-0.15, -0.1) is 0 Å². The van der Waals surface area contributed by atoms with Crippen LogP contribution in [0.1, 0.15) is 36.1 Å². The van der Waals surface area contributed by atoms with Gasteiger partial charge in [0.05, 0.1) is 12.7 Å². The van der Waals surface area contributed by atoms with Crippen LogP contribution in [0, 0.1) is 0 Å². The molecule has 20 heavy (non-hydrogen) atoms. The summed E-state index contributed by atoms with van der Waals surface area (Å²) in [6.07, 6.45) is 6.54. The molecule has 106 valence electrons. The van der Waals surface area contributed by atoms with E-state index in [4.69, 9.17) is 4.74 Å². The summed E-state index contributed by atoms with van der Waals surface area (Å²) in [4.78, 5) is 0. The second kappa shape index (κ2) is 5.71. The van der Waals surface area contributed by atoms with E-state index in [1.54, 1.807) is 0 Å². The minimum atomic E-state index is -0.339. The molecule has 0 saturated heterocycles. The maximum atomic E-state index is 9.81. The van der Waals surface area contributed by atoms with Gasteiger partial charge in [0, 0.05) is 25.4 Å². The molecule has 0 spiro atoms. The van der Waals surface area contributed by atoms with Crippen molar-refractivity contribution >= 4 is 0 Å². The molecule has 0 amide bonds. The zero-order chi connectivity index (χ0) is 13.9. The van der Waals surface area contributed by atoms with Gasteiger partial charge in [-0.2, -0.15) is 0 Å². The standard InChI is InChI=1S/C17H21NO2/c1-2-16(19)15-6-9-18(12-15)8-5-13-3-4-17-14(11-13)7-10-20-17/h3-4,6,9,11-12,16,19H,2,5,7-8,10H2,1H3. The first kappa shape index (κ1) is 13.3. The maximum absolute atomic E-state index is 9.81. The van der Waals surface area contributed by atoms with Crippen molar-refractivity contribution in [1.82, 2.24) is 4.57 Å². The van der Waals surface area contributed by atoms with Crippen LogP contribution in [0.4, 0.5) is 0 Å². The first-order valence-corrected chi connectivity index (χ1v) is 7.34. The van der Waals surface area contributed by atoms with Crippen LogP contribution < -0.4 is 4.74 Å². The van der Waals surface area contributed by atoms with Gasteiger partial charge < -0.3 is 14.4 Å². The number of nitrogens with zero attached hydrogens (tertiary/aromatic N) is 1. The SMILES string of the molecule is CCC(O)c1ccn(CCc2ccc3c(c2)CCO3)c1. The third kappa shape index (κ3) is 2.73. The third-order valence-electron chi connectivity index (χ3n) is 3.96. The molecule has 0 radical (unpaired) electrons. The van der Waals surface area contributed by atoms with Gasteiger partial charge in [-0.25, -0.2) is 0 Å². The van der Waals surface area contributed by atoms with Gasteiger partial charge in [-0.1, -0.05) is 19.1 Å². The molecule has 1 unspecified atom stereocenters. The Labute approximate surface area is 119 Å². The Hall–Kier alpha value is -1.74. The van der Waals surface area contributed by atoms with Crippen LogP contribution in [0.25, 0.3) is 0 Å². The van der Waals surface area contributed by atoms with Crippen molar-refractivity contribution in [2.24, 2.45) is 0 Å². The fraction of sp³-hybridized carbons (Fsp3) is 0.412. The zero-order valence-corrected chi connectivity index (χ0v) is 11.9. The molecule has 3 rings (SSSR count). The van der Waals surface area contributed by atoms with Crippen LogP contribution in [0.3, 0.4) is 0 Å². The predicted octanol–water partition coefficient (Wildman–Crippen LogP) is 3.11. The summed E-state index contributed by atoms with van der Waals surface area (Å²) in [6, 6.07) is 8.49. The van der Waals surface area contributed by atoms with E-state index < -0.39 is 0 Å². The number of ether oxygens (including phenoxy) is 1. The second-order valence-corrected chi connectivity index (χ2v) is 5.40. The number of aryl methyl sites for hydroxylation is 2. The van der Waals surface area contributed by atoms with Crippen molar-refractivity contribution in [3.8, 4) is 5.75 Å². The molecule has 1 aromatic carbocycles. The summed E-state index contributed by atoms with van der Waals surface area (Å²) in [5.74, 6) is 1.04. The number of aliphatic hydroxyl groups is 1. The fourth-order valence-electron chi connectivity index (χ4n) is 2.68. The van der Waals surface area contributed by atoms with Gasteiger partial charge >= 0.3 is 0 Å². The molecule has 3 nitrogen and oxygen atoms in total. The zero-order valence-electron chi connectivity index (χ0n) is 11.9. The van der Waals surface area contributed by atoms with E-state index >= 15 is 0 Å². The topological polar surface area (TPSA) is 34.4 Å². The van der Waals surface area contributed by atoms with Crippen LogP contribution in [0.2, 0.25) is 0 Å². The highest BCUT2D eigenvalue weighted by Gasteiger charge is 2.12. The summed E-state index contributed by atoms with van der Waals surface area (Å²) in [7, 11) is 0. The van der Waals surface area contributed by atoms with E-state index in [9.17, 15) is 5.11 Å². The van der Waals surface area contributed by atoms with E-state index in [0.717, 1.165) is 43.7 Å². The quantitative estimate of drug-likeness (QED) is 0.906. The molecule has 3 heteroatoms. The Morgan fingerprint density at radius 2 is 2.25 bits per heavy atom. The first-order valence-electron chi connectivity index (χ1n) is 7.34. The van der Waals surface area contributed by atoms with Gasteiger partial charge in [0.1, 0.15) is 5.75 Å². The van der Waals surface area contributed by atoms with E-state index in [0.29, 0.717) is 0 Å². The molecular weight excluding hydrogens is 250 g/mol. The van der Waals surface area contributed by atoms with E-state index in [1.165, 1.54) is 11.1 Å². The smallest absolute Gasteiger partial charge is 0.122 e. The average molecular weight is 271 g/mol. The third-order valence-corrected chi connectivity index (χ3v) is 3.96. The number of hydrogen-bond donors (Lipinski definition) is 1. The van der Waals surface area contributed by atoms with Crippen molar-refractivity contribution in [3.63, 3.8) is 0 Å². The molecule has 0 aliphatic carbocycles. The number of aliphatic hydroxyl groups excluding tert-OH is 1. The molecule has 0 saturated carbocycles. The molecular formula is C17H21NO2. The van der Waals surface area contributed by atoms with Crippen LogP contribution >= 0.6 is 0 Å². The fourth-order valence-corrected chi connectivity index (χ4v) is 2.68. The second-order valence-electron chi connectivity index (χ2n) is 5.40. The molecule has 2 aromatic rings. The lowest BCUT2D eigenvalue weighted by atomic mass is 10.1. The molecule has 2 heterocycles. The van der Waals surface area contributed by atoms with Crippen molar-refractivity contribution in [2.75, 3.05) is 6.61 Å². The summed E-state index contributed by atoms with van der Waals surface area (Å²) < 4.78 is 7.68. The molecule has 1 aliphatic rings. The van der Waals surface area contributed by atoms with Crippen molar-refractivity contribution in [3.05, 3.63) is 53.3 Å². The Morgan fingerprint density at radius 3 is 3.10 bits per heavy atom. The number of benzene rings is 1. The average Bonchev–Trinajstić information content (AvgIpc) is 3.12. The Bertz CT molecular complexity index is 588. The van der Waals surface area contributed by atoms with Crippen molar-refractivity contribution < 1.29 is 9.84 Å². The van der Waals surface area contributed by atoms with Crippen LogP contribution in [0.5, 0.6) is 5.75 Å². The first-order chi connectivity index (χ1) is 9.76. The summed E-state index contributed by atoms with van der Waals surface area (Å²) in [5.41, 5.74) is 3.69. The van der Waals surface area contributed by atoms with Gasteiger partial charge in [0.2, 0.25) is 0 Å². The molecule has 1 aromatic heterocycles. The molecule has 1 atom stereocenters. The van der Waals surface area contributed by atoms with E-state index in [-0.39, 0.29) is 6.10 Å². The molecule has 1 N–H and O–H groups in total. The van der Waals surface area contributed by atoms with Crippen LogP contribution in [-0.4, -0.2) is 16.3 Å². The van der Waals surface area contributed by atoms with Crippen molar-refractivity contribution in [1.29, 1.82) is 0 Å². The largest absolute Gasteiger partial charge is 0.493 e. The molecule has 0 fully saturated rings. The summed E-state index contributed by atoms with van der Waals surface area (Å²) in [5, 5.41) is 9.81. The van der Waals surface area contributed by atoms with Crippen molar-refractivity contribution in [2.45, 2.75) is 38.8 Å². The minimum Gasteiger partial charge on any atom is -0.493 e. The Morgan fingerprint density at radius 1 is 1.35 bits per heavy atom. The number of hydrogen-bond acceptors (Lipinski definition) is 2. The lowest BCUT2D eigenvalue weighted by molar-refractivity contribution is 0.173. The van der Waals surface area contributed by atoms with Gasteiger partial charge in [-0.05, 0) is 41.7 Å². The highest BCUT2D eigenvalue weighted by atomic mass is 16.5. The van der Waals surface area contributed by atoms with Crippen LogP contribution in [-0.2, 0) is 19.4 Å². The normalized spacial score (nSPS) is 14.9. The molecule has 1 aliphatic heterocycles. The Kier molecular flexibility index (Phi) is 3.79. The molecule has 0 bridgehead atoms. The van der Waals surface area contributed by atoms with E-state index in [1.807, 2.05) is 25.4 Å². The summed E-state index contributed by atoms with van der Waals surface area (Å²) in [6.45, 7) is 3.75. The highest BCUT2D eigenvalue weighted by Crippen LogP contribution is 2.26. The lowest BCUT2D eigenvalue weighted by Gasteiger charge is -2.06.